The molecule has 3 rings (SSSR count). The number of nitrogens with one attached hydrogen (secondary N) is 1. The van der Waals surface area contributed by atoms with E-state index in [1.807, 2.05) is 4.68 Å². The number of H-pyrrole nitrogens is 1. The lowest BCUT2D eigenvalue weighted by molar-refractivity contribution is 0.652. The van der Waals surface area contributed by atoms with Crippen LogP contribution in [0.2, 0.25) is 0 Å². The van der Waals surface area contributed by atoms with Crippen LogP contribution in [-0.4, -0.2) is 25.0 Å². The quantitative estimate of drug-likeness (QED) is 0.876. The van der Waals surface area contributed by atoms with Crippen molar-refractivity contribution in [3.05, 3.63) is 17.6 Å². The summed E-state index contributed by atoms with van der Waals surface area (Å²) >= 11 is 0. The zero-order valence-corrected chi connectivity index (χ0v) is 10.3. The number of aromatic nitrogens is 5. The van der Waals surface area contributed by atoms with E-state index in [0.29, 0.717) is 5.92 Å². The molecule has 5 heteroatoms. The van der Waals surface area contributed by atoms with Crippen molar-refractivity contribution in [2.24, 2.45) is 0 Å². The van der Waals surface area contributed by atoms with Gasteiger partial charge >= 0.3 is 0 Å². The van der Waals surface area contributed by atoms with Gasteiger partial charge in [0, 0.05) is 12.5 Å². The fourth-order valence-electron chi connectivity index (χ4n) is 1.99. The summed E-state index contributed by atoms with van der Waals surface area (Å²) in [5.74, 6) is 2.42. The summed E-state index contributed by atoms with van der Waals surface area (Å²) in [6.45, 7) is 5.05. The highest BCUT2D eigenvalue weighted by Crippen LogP contribution is 2.38. The van der Waals surface area contributed by atoms with Crippen LogP contribution in [0.15, 0.2) is 6.07 Å². The predicted molar refractivity (Wildman–Crippen MR) is 64.6 cm³/mol. The second kappa shape index (κ2) is 3.98. The molecule has 0 amide bonds. The van der Waals surface area contributed by atoms with E-state index in [9.17, 15) is 0 Å². The van der Waals surface area contributed by atoms with Crippen LogP contribution in [0.3, 0.4) is 0 Å². The molecule has 1 aliphatic carbocycles. The highest BCUT2D eigenvalue weighted by molar-refractivity contribution is 5.50. The smallest absolute Gasteiger partial charge is 0.199 e. The van der Waals surface area contributed by atoms with Crippen molar-refractivity contribution in [1.29, 1.82) is 0 Å². The second-order valence-electron chi connectivity index (χ2n) is 4.51. The van der Waals surface area contributed by atoms with E-state index in [1.165, 1.54) is 12.8 Å². The van der Waals surface area contributed by atoms with E-state index in [0.717, 1.165) is 36.0 Å². The molecule has 0 spiro atoms. The average Bonchev–Trinajstić information content (AvgIpc) is 2.95. The Labute approximate surface area is 100 Å². The number of aryl methyl sites for hydroxylation is 2. The molecule has 17 heavy (non-hydrogen) atoms. The molecule has 1 saturated carbocycles. The molecule has 0 atom stereocenters. The monoisotopic (exact) mass is 231 g/mol. The number of rotatable bonds is 4. The molecule has 0 aromatic carbocycles. The summed E-state index contributed by atoms with van der Waals surface area (Å²) in [7, 11) is 0. The molecular formula is C12H17N5. The molecule has 2 heterocycles. The van der Waals surface area contributed by atoms with E-state index in [2.05, 4.69) is 40.2 Å². The van der Waals surface area contributed by atoms with Crippen LogP contribution in [0.4, 0.5) is 0 Å². The fourth-order valence-corrected chi connectivity index (χ4v) is 1.99. The van der Waals surface area contributed by atoms with Crippen molar-refractivity contribution in [3.8, 4) is 11.5 Å². The maximum atomic E-state index is 4.57. The standard InChI is InChI=1S/C12H17N5/c1-3-9-7-10(17(4-2)16-9)12-13-11(14-15-12)8-5-6-8/h7-8H,3-6H2,1-2H3,(H,13,14,15). The van der Waals surface area contributed by atoms with Gasteiger partial charge in [-0.3, -0.25) is 9.78 Å². The van der Waals surface area contributed by atoms with Gasteiger partial charge in [-0.05, 0) is 32.3 Å². The Morgan fingerprint density at radius 2 is 2.24 bits per heavy atom. The first-order valence-corrected chi connectivity index (χ1v) is 6.31. The minimum atomic E-state index is 0.611. The largest absolute Gasteiger partial charge is 0.262 e. The summed E-state index contributed by atoms with van der Waals surface area (Å²) in [4.78, 5) is 4.57. The molecule has 5 nitrogen and oxygen atoms in total. The minimum Gasteiger partial charge on any atom is -0.262 e. The lowest BCUT2D eigenvalue weighted by Crippen LogP contribution is -2.00. The van der Waals surface area contributed by atoms with Crippen LogP contribution in [0.25, 0.3) is 11.5 Å². The van der Waals surface area contributed by atoms with Crippen LogP contribution < -0.4 is 0 Å². The van der Waals surface area contributed by atoms with Gasteiger partial charge in [-0.15, -0.1) is 0 Å². The molecule has 2 aromatic rings. The Morgan fingerprint density at radius 1 is 1.41 bits per heavy atom. The van der Waals surface area contributed by atoms with Crippen LogP contribution in [0, 0.1) is 0 Å². The van der Waals surface area contributed by atoms with Gasteiger partial charge in [0.15, 0.2) is 5.82 Å². The molecule has 0 saturated heterocycles. The Bertz CT molecular complexity index is 521. The maximum Gasteiger partial charge on any atom is 0.199 e. The van der Waals surface area contributed by atoms with E-state index in [-0.39, 0.29) is 0 Å². The summed E-state index contributed by atoms with van der Waals surface area (Å²) in [6, 6.07) is 2.09. The van der Waals surface area contributed by atoms with Crippen molar-refractivity contribution >= 4 is 0 Å². The van der Waals surface area contributed by atoms with Gasteiger partial charge in [-0.1, -0.05) is 6.92 Å². The highest BCUT2D eigenvalue weighted by Gasteiger charge is 2.27. The van der Waals surface area contributed by atoms with Crippen molar-refractivity contribution < 1.29 is 0 Å². The molecule has 2 aromatic heterocycles. The molecule has 0 radical (unpaired) electrons. The van der Waals surface area contributed by atoms with Gasteiger partial charge in [0.2, 0.25) is 0 Å². The zero-order valence-electron chi connectivity index (χ0n) is 10.3. The van der Waals surface area contributed by atoms with Crippen LogP contribution in [0.5, 0.6) is 0 Å². The Morgan fingerprint density at radius 3 is 2.88 bits per heavy atom. The molecule has 0 unspecified atom stereocenters. The predicted octanol–water partition coefficient (Wildman–Crippen LogP) is 2.13. The molecule has 1 N–H and O–H groups in total. The lowest BCUT2D eigenvalue weighted by Gasteiger charge is -1.98. The summed E-state index contributed by atoms with van der Waals surface area (Å²) < 4.78 is 1.97. The Kier molecular flexibility index (Phi) is 2.46. The molecule has 1 aliphatic rings. The molecule has 1 fully saturated rings. The summed E-state index contributed by atoms with van der Waals surface area (Å²) in [5, 5.41) is 11.9. The molecular weight excluding hydrogens is 214 g/mol. The van der Waals surface area contributed by atoms with Crippen molar-refractivity contribution in [2.75, 3.05) is 0 Å². The van der Waals surface area contributed by atoms with Crippen molar-refractivity contribution in [2.45, 2.75) is 45.6 Å². The average molecular weight is 231 g/mol. The topological polar surface area (TPSA) is 59.4 Å². The first kappa shape index (κ1) is 10.5. The van der Waals surface area contributed by atoms with E-state index >= 15 is 0 Å². The van der Waals surface area contributed by atoms with Gasteiger partial charge in [-0.25, -0.2) is 4.98 Å². The Hall–Kier alpha value is -1.65. The van der Waals surface area contributed by atoms with Gasteiger partial charge in [0.05, 0.1) is 5.69 Å². The number of hydrogen-bond donors (Lipinski definition) is 1. The third-order valence-electron chi connectivity index (χ3n) is 3.19. The third-order valence-corrected chi connectivity index (χ3v) is 3.19. The summed E-state index contributed by atoms with van der Waals surface area (Å²) in [5.41, 5.74) is 2.12. The molecule has 0 bridgehead atoms. The molecule has 0 aliphatic heterocycles. The SMILES string of the molecule is CCc1cc(-c2n[nH]c(C3CC3)n2)n(CC)n1. The van der Waals surface area contributed by atoms with Gasteiger partial charge in [0.1, 0.15) is 11.5 Å². The van der Waals surface area contributed by atoms with E-state index < -0.39 is 0 Å². The van der Waals surface area contributed by atoms with E-state index in [1.54, 1.807) is 0 Å². The highest BCUT2D eigenvalue weighted by atomic mass is 15.3. The van der Waals surface area contributed by atoms with Gasteiger partial charge in [0.25, 0.3) is 0 Å². The number of nitrogens with zero attached hydrogens (tertiary/aromatic N) is 4. The Balaban J connectivity index is 1.97. The van der Waals surface area contributed by atoms with Crippen LogP contribution in [0.1, 0.15) is 44.1 Å². The fraction of sp³-hybridized carbons (Fsp3) is 0.583. The zero-order chi connectivity index (χ0) is 11.8. The van der Waals surface area contributed by atoms with E-state index in [4.69, 9.17) is 0 Å². The van der Waals surface area contributed by atoms with Crippen LogP contribution in [-0.2, 0) is 13.0 Å². The van der Waals surface area contributed by atoms with Gasteiger partial charge < -0.3 is 0 Å². The number of hydrogen-bond acceptors (Lipinski definition) is 3. The van der Waals surface area contributed by atoms with Crippen molar-refractivity contribution in [3.63, 3.8) is 0 Å². The first-order chi connectivity index (χ1) is 8.31. The molecule has 90 valence electrons. The normalized spacial score (nSPS) is 15.4. The number of aromatic amines is 1. The third kappa shape index (κ3) is 1.85. The van der Waals surface area contributed by atoms with Crippen molar-refractivity contribution in [1.82, 2.24) is 25.0 Å². The second-order valence-corrected chi connectivity index (χ2v) is 4.51. The van der Waals surface area contributed by atoms with Gasteiger partial charge in [-0.2, -0.15) is 10.2 Å². The minimum absolute atomic E-state index is 0.611. The van der Waals surface area contributed by atoms with Crippen LogP contribution >= 0.6 is 0 Å². The first-order valence-electron chi connectivity index (χ1n) is 6.31. The maximum absolute atomic E-state index is 4.57. The lowest BCUT2D eigenvalue weighted by atomic mass is 10.3. The summed E-state index contributed by atoms with van der Waals surface area (Å²) in [6.07, 6.45) is 3.42.